The number of carbonyl (C=O) groups is 1. The van der Waals surface area contributed by atoms with Gasteiger partial charge in [-0.2, -0.15) is 0 Å². The quantitative estimate of drug-likeness (QED) is 0.763. The summed E-state index contributed by atoms with van der Waals surface area (Å²) in [5, 5.41) is 2.84. The Morgan fingerprint density at radius 1 is 1.07 bits per heavy atom. The molecule has 2 aromatic carbocycles. The van der Waals surface area contributed by atoms with E-state index in [0.717, 1.165) is 49.3 Å². The second kappa shape index (κ2) is 9.78. The average molecular weight is 386 g/mol. The smallest absolute Gasteiger partial charge is 0.220 e. The Balaban J connectivity index is 1.41. The molecule has 0 saturated carbocycles. The zero-order chi connectivity index (χ0) is 19.9. The summed E-state index contributed by atoms with van der Waals surface area (Å²) in [4.78, 5) is 14.5. The van der Waals surface area contributed by atoms with Crippen LogP contribution >= 0.6 is 0 Å². The first kappa shape index (κ1) is 20.5. The van der Waals surface area contributed by atoms with Gasteiger partial charge in [0.25, 0.3) is 0 Å². The van der Waals surface area contributed by atoms with Gasteiger partial charge in [-0.1, -0.05) is 31.2 Å². The third-order valence-corrected chi connectivity index (χ3v) is 5.42. The minimum atomic E-state index is -0.490. The zero-order valence-corrected chi connectivity index (χ0v) is 16.4. The predicted octanol–water partition coefficient (Wildman–Crippen LogP) is 4.45. The summed E-state index contributed by atoms with van der Waals surface area (Å²) < 4.78 is 26.8. The van der Waals surface area contributed by atoms with Crippen LogP contribution in [0.1, 0.15) is 42.9 Å². The number of hydrogen-bond donors (Lipinski definition) is 1. The normalized spacial score (nSPS) is 15.5. The molecule has 0 radical (unpaired) electrons. The van der Waals surface area contributed by atoms with E-state index in [-0.39, 0.29) is 24.3 Å². The van der Waals surface area contributed by atoms with E-state index in [1.165, 1.54) is 18.4 Å². The topological polar surface area (TPSA) is 32.3 Å². The molecular formula is C23H28F2N2O. The lowest BCUT2D eigenvalue weighted by Crippen LogP contribution is -2.32. The highest BCUT2D eigenvalue weighted by molar-refractivity contribution is 5.76. The Labute approximate surface area is 165 Å². The monoisotopic (exact) mass is 386 g/mol. The van der Waals surface area contributed by atoms with Gasteiger partial charge in [-0.15, -0.1) is 0 Å². The van der Waals surface area contributed by atoms with Gasteiger partial charge in [0.15, 0.2) is 0 Å². The predicted molar refractivity (Wildman–Crippen MR) is 107 cm³/mol. The van der Waals surface area contributed by atoms with Crippen LogP contribution in [0.2, 0.25) is 0 Å². The van der Waals surface area contributed by atoms with Gasteiger partial charge in [-0.3, -0.25) is 9.69 Å². The number of aryl methyl sites for hydroxylation is 1. The van der Waals surface area contributed by atoms with Crippen LogP contribution in [0.25, 0.3) is 0 Å². The summed E-state index contributed by atoms with van der Waals surface area (Å²) in [6.07, 6.45) is 2.85. The summed E-state index contributed by atoms with van der Waals surface area (Å²) >= 11 is 0. The van der Waals surface area contributed by atoms with Crippen LogP contribution < -0.4 is 5.32 Å². The summed E-state index contributed by atoms with van der Waals surface area (Å²) in [5.74, 6) is -0.307. The molecule has 1 aliphatic heterocycles. The molecule has 5 heteroatoms. The van der Waals surface area contributed by atoms with E-state index in [2.05, 4.69) is 29.3 Å². The van der Waals surface area contributed by atoms with Crippen molar-refractivity contribution < 1.29 is 13.6 Å². The molecule has 1 N–H and O–H groups in total. The summed E-state index contributed by atoms with van der Waals surface area (Å²) in [6, 6.07) is 11.6. The van der Waals surface area contributed by atoms with E-state index in [0.29, 0.717) is 6.54 Å². The van der Waals surface area contributed by atoms with Crippen molar-refractivity contribution in [2.75, 3.05) is 13.1 Å². The van der Waals surface area contributed by atoms with Gasteiger partial charge in [0.2, 0.25) is 5.91 Å². The van der Waals surface area contributed by atoms with E-state index in [1.807, 2.05) is 12.1 Å². The van der Waals surface area contributed by atoms with Crippen molar-refractivity contribution in [1.82, 2.24) is 10.2 Å². The molecule has 2 aromatic rings. The largest absolute Gasteiger partial charge is 0.352 e. The number of likely N-dealkylation sites (tertiary alicyclic amines) is 1. The second-order valence-electron chi connectivity index (χ2n) is 7.79. The van der Waals surface area contributed by atoms with Gasteiger partial charge in [-0.05, 0) is 73.2 Å². The molecule has 0 bridgehead atoms. The van der Waals surface area contributed by atoms with Crippen LogP contribution in [0.3, 0.4) is 0 Å². The molecule has 0 spiro atoms. The van der Waals surface area contributed by atoms with E-state index in [9.17, 15) is 13.6 Å². The summed E-state index contributed by atoms with van der Waals surface area (Å²) in [5.41, 5.74) is 2.54. The van der Waals surface area contributed by atoms with E-state index in [4.69, 9.17) is 0 Å². The third-order valence-electron chi connectivity index (χ3n) is 5.42. The standard InChI is InChI=1S/C23H28F2N2O/c1-17-10-12-27(13-11-17)16-19-4-2-18(3-5-19)15-26-23(28)9-6-20-14-21(24)7-8-22(20)25/h2-5,7-8,14,17H,6,9-13,15-16H2,1H3,(H,26,28). The van der Waals surface area contributed by atoms with Crippen molar-refractivity contribution in [2.45, 2.75) is 45.7 Å². The fraction of sp³-hybridized carbons (Fsp3) is 0.435. The highest BCUT2D eigenvalue weighted by Crippen LogP contribution is 2.18. The highest BCUT2D eigenvalue weighted by Gasteiger charge is 2.15. The van der Waals surface area contributed by atoms with Gasteiger partial charge in [0.1, 0.15) is 11.6 Å². The molecule has 0 atom stereocenters. The average Bonchev–Trinajstić information content (AvgIpc) is 2.70. The Bertz CT molecular complexity index is 784. The number of piperidine rings is 1. The van der Waals surface area contributed by atoms with Crippen LogP contribution in [0.4, 0.5) is 8.78 Å². The maximum atomic E-state index is 13.6. The van der Waals surface area contributed by atoms with Crippen LogP contribution in [0.5, 0.6) is 0 Å². The zero-order valence-electron chi connectivity index (χ0n) is 16.4. The molecular weight excluding hydrogens is 358 g/mol. The second-order valence-corrected chi connectivity index (χ2v) is 7.79. The molecule has 1 heterocycles. The maximum absolute atomic E-state index is 13.6. The van der Waals surface area contributed by atoms with E-state index < -0.39 is 11.6 Å². The lowest BCUT2D eigenvalue weighted by molar-refractivity contribution is -0.121. The fourth-order valence-corrected chi connectivity index (χ4v) is 3.51. The van der Waals surface area contributed by atoms with Crippen LogP contribution in [-0.2, 0) is 24.3 Å². The molecule has 0 aromatic heterocycles. The number of rotatable bonds is 7. The molecule has 3 nitrogen and oxygen atoms in total. The number of hydrogen-bond acceptors (Lipinski definition) is 2. The van der Waals surface area contributed by atoms with Crippen LogP contribution in [0.15, 0.2) is 42.5 Å². The number of carbonyl (C=O) groups excluding carboxylic acids is 1. The molecule has 1 aliphatic rings. The van der Waals surface area contributed by atoms with Crippen molar-refractivity contribution in [2.24, 2.45) is 5.92 Å². The number of amides is 1. The Kier molecular flexibility index (Phi) is 7.15. The van der Waals surface area contributed by atoms with Crippen molar-refractivity contribution in [3.05, 3.63) is 70.8 Å². The Morgan fingerprint density at radius 3 is 2.46 bits per heavy atom. The SMILES string of the molecule is CC1CCN(Cc2ccc(CNC(=O)CCc3cc(F)ccc3F)cc2)CC1. The van der Waals surface area contributed by atoms with Gasteiger partial charge in [0, 0.05) is 19.5 Å². The first-order valence-electron chi connectivity index (χ1n) is 10.0. The molecule has 1 saturated heterocycles. The van der Waals surface area contributed by atoms with Crippen LogP contribution in [0, 0.1) is 17.6 Å². The van der Waals surface area contributed by atoms with Crippen molar-refractivity contribution in [1.29, 1.82) is 0 Å². The van der Waals surface area contributed by atoms with E-state index >= 15 is 0 Å². The maximum Gasteiger partial charge on any atom is 0.220 e. The Hall–Kier alpha value is -2.27. The number of nitrogens with zero attached hydrogens (tertiary/aromatic N) is 1. The number of nitrogens with one attached hydrogen (secondary N) is 1. The lowest BCUT2D eigenvalue weighted by Gasteiger charge is -2.30. The summed E-state index contributed by atoms with van der Waals surface area (Å²) in [6.45, 7) is 6.04. The number of halogens is 2. The van der Waals surface area contributed by atoms with Gasteiger partial charge in [-0.25, -0.2) is 8.78 Å². The minimum absolute atomic E-state index is 0.131. The van der Waals surface area contributed by atoms with Crippen molar-refractivity contribution in [3.63, 3.8) is 0 Å². The molecule has 1 amide bonds. The first-order valence-corrected chi connectivity index (χ1v) is 10.0. The molecule has 1 fully saturated rings. The molecule has 0 unspecified atom stereocenters. The van der Waals surface area contributed by atoms with Gasteiger partial charge in [0.05, 0.1) is 0 Å². The van der Waals surface area contributed by atoms with E-state index in [1.54, 1.807) is 0 Å². The fourth-order valence-electron chi connectivity index (χ4n) is 3.51. The number of benzene rings is 2. The third kappa shape index (κ3) is 6.13. The van der Waals surface area contributed by atoms with Crippen molar-refractivity contribution in [3.8, 4) is 0 Å². The van der Waals surface area contributed by atoms with Crippen molar-refractivity contribution >= 4 is 5.91 Å². The Morgan fingerprint density at radius 2 is 1.75 bits per heavy atom. The molecule has 3 rings (SSSR count). The molecule has 150 valence electrons. The highest BCUT2D eigenvalue weighted by atomic mass is 19.1. The van der Waals surface area contributed by atoms with Crippen LogP contribution in [-0.4, -0.2) is 23.9 Å². The molecule has 0 aliphatic carbocycles. The first-order chi connectivity index (χ1) is 13.5. The van der Waals surface area contributed by atoms with Gasteiger partial charge >= 0.3 is 0 Å². The lowest BCUT2D eigenvalue weighted by atomic mass is 9.99. The minimum Gasteiger partial charge on any atom is -0.352 e. The molecule has 28 heavy (non-hydrogen) atoms. The summed E-state index contributed by atoms with van der Waals surface area (Å²) in [7, 11) is 0. The van der Waals surface area contributed by atoms with Gasteiger partial charge < -0.3 is 5.32 Å².